The number of benzene rings is 3. The Morgan fingerprint density at radius 1 is 1.03 bits per heavy atom. The second-order valence-corrected chi connectivity index (χ2v) is 7.13. The second-order valence-electron chi connectivity index (χ2n) is 7.13. The zero-order chi connectivity index (χ0) is 21.1. The molecule has 1 aliphatic heterocycles. The lowest BCUT2D eigenvalue weighted by molar-refractivity contribution is -0.119. The Balaban J connectivity index is 1.40. The monoisotopic (exact) mass is 400 g/mol. The van der Waals surface area contributed by atoms with E-state index in [0.29, 0.717) is 5.56 Å². The van der Waals surface area contributed by atoms with E-state index in [1.165, 1.54) is 4.90 Å². The molecule has 1 heterocycles. The number of rotatable bonds is 7. The summed E-state index contributed by atoms with van der Waals surface area (Å²) < 4.78 is 0. The molecule has 3 aromatic rings. The van der Waals surface area contributed by atoms with Gasteiger partial charge in [-0.3, -0.25) is 14.5 Å². The Morgan fingerprint density at radius 3 is 2.43 bits per heavy atom. The number of hydrogen-bond acceptors (Lipinski definition) is 4. The van der Waals surface area contributed by atoms with Crippen molar-refractivity contribution in [1.82, 2.24) is 5.43 Å². The van der Waals surface area contributed by atoms with Crippen LogP contribution in [-0.4, -0.2) is 37.7 Å². The van der Waals surface area contributed by atoms with Crippen LogP contribution < -0.4 is 15.2 Å². The summed E-state index contributed by atoms with van der Waals surface area (Å²) in [4.78, 5) is 28.9. The lowest BCUT2D eigenvalue weighted by atomic mass is 10.1. The zero-order valence-electron chi connectivity index (χ0n) is 17.1. The van der Waals surface area contributed by atoms with Crippen molar-refractivity contribution in [3.05, 3.63) is 71.8 Å². The van der Waals surface area contributed by atoms with Crippen molar-refractivity contribution in [2.45, 2.75) is 13.8 Å². The molecule has 30 heavy (non-hydrogen) atoms. The van der Waals surface area contributed by atoms with Crippen molar-refractivity contribution >= 4 is 40.2 Å². The highest BCUT2D eigenvalue weighted by atomic mass is 16.2. The molecule has 0 radical (unpaired) electrons. The van der Waals surface area contributed by atoms with Crippen LogP contribution in [0.4, 0.5) is 11.4 Å². The third-order valence-electron chi connectivity index (χ3n) is 5.38. The van der Waals surface area contributed by atoms with Crippen molar-refractivity contribution in [1.29, 1.82) is 0 Å². The molecule has 152 valence electrons. The highest BCUT2D eigenvalue weighted by Crippen LogP contribution is 2.36. The summed E-state index contributed by atoms with van der Waals surface area (Å²) in [6, 6.07) is 19.4. The summed E-state index contributed by atoms with van der Waals surface area (Å²) in [5.74, 6) is -0.503. The van der Waals surface area contributed by atoms with Gasteiger partial charge in [0, 0.05) is 29.7 Å². The molecule has 1 N–H and O–H groups in total. The minimum absolute atomic E-state index is 0.0785. The van der Waals surface area contributed by atoms with E-state index in [1.54, 1.807) is 12.3 Å². The SMILES string of the molecule is CCN(CC)c1ccc(/C=N\NC(=O)CN2C(=O)c3cccc4cccc2c34)cc1. The van der Waals surface area contributed by atoms with Crippen LogP contribution in [0, 0.1) is 0 Å². The summed E-state index contributed by atoms with van der Waals surface area (Å²) in [6.07, 6.45) is 1.60. The Morgan fingerprint density at radius 2 is 1.73 bits per heavy atom. The van der Waals surface area contributed by atoms with Crippen molar-refractivity contribution in [3.8, 4) is 0 Å². The Bertz CT molecular complexity index is 1110. The van der Waals surface area contributed by atoms with Crippen LogP contribution >= 0.6 is 0 Å². The average molecular weight is 400 g/mol. The molecule has 4 rings (SSSR count). The largest absolute Gasteiger partial charge is 0.372 e. The van der Waals surface area contributed by atoms with Crippen LogP contribution in [0.3, 0.4) is 0 Å². The Kier molecular flexibility index (Phi) is 5.48. The van der Waals surface area contributed by atoms with Crippen LogP contribution in [-0.2, 0) is 4.79 Å². The summed E-state index contributed by atoms with van der Waals surface area (Å²) in [6.45, 7) is 6.07. The average Bonchev–Trinajstić information content (AvgIpc) is 3.04. The van der Waals surface area contributed by atoms with E-state index in [9.17, 15) is 9.59 Å². The van der Waals surface area contributed by atoms with Crippen LogP contribution in [0.25, 0.3) is 10.8 Å². The molecular weight excluding hydrogens is 376 g/mol. The van der Waals surface area contributed by atoms with E-state index in [0.717, 1.165) is 40.8 Å². The maximum absolute atomic E-state index is 12.7. The summed E-state index contributed by atoms with van der Waals surface area (Å²) in [5, 5.41) is 5.94. The van der Waals surface area contributed by atoms with Crippen LogP contribution in [0.15, 0.2) is 65.8 Å². The third-order valence-corrected chi connectivity index (χ3v) is 5.38. The van der Waals surface area contributed by atoms with Gasteiger partial charge in [0.2, 0.25) is 0 Å². The second kappa shape index (κ2) is 8.37. The molecule has 3 aromatic carbocycles. The molecule has 0 saturated carbocycles. The normalized spacial score (nSPS) is 12.7. The topological polar surface area (TPSA) is 65.0 Å². The van der Waals surface area contributed by atoms with E-state index >= 15 is 0 Å². The smallest absolute Gasteiger partial charge is 0.260 e. The number of amides is 2. The first-order valence-electron chi connectivity index (χ1n) is 10.1. The predicted molar refractivity (Wildman–Crippen MR) is 121 cm³/mol. The van der Waals surface area contributed by atoms with E-state index < -0.39 is 0 Å². The van der Waals surface area contributed by atoms with Gasteiger partial charge in [-0.2, -0.15) is 5.10 Å². The lowest BCUT2D eigenvalue weighted by Gasteiger charge is -2.20. The molecule has 0 saturated heterocycles. The molecule has 0 atom stereocenters. The van der Waals surface area contributed by atoms with Crippen molar-refractivity contribution < 1.29 is 9.59 Å². The first kappa shape index (κ1) is 19.6. The third kappa shape index (κ3) is 3.64. The lowest BCUT2D eigenvalue weighted by Crippen LogP contribution is -2.37. The molecular formula is C24H24N4O2. The molecule has 0 spiro atoms. The Hall–Kier alpha value is -3.67. The van der Waals surface area contributed by atoms with Crippen LogP contribution in [0.1, 0.15) is 29.8 Å². The number of hydrazone groups is 1. The van der Waals surface area contributed by atoms with Gasteiger partial charge in [0.05, 0.1) is 11.9 Å². The van der Waals surface area contributed by atoms with Gasteiger partial charge in [-0.15, -0.1) is 0 Å². The molecule has 6 heteroatoms. The van der Waals surface area contributed by atoms with Gasteiger partial charge in [0.25, 0.3) is 11.8 Å². The van der Waals surface area contributed by atoms with E-state index in [2.05, 4.69) is 29.3 Å². The molecule has 2 amide bonds. The van der Waals surface area contributed by atoms with Crippen LogP contribution in [0.5, 0.6) is 0 Å². The first-order valence-corrected chi connectivity index (χ1v) is 10.1. The van der Waals surface area contributed by atoms with E-state index in [4.69, 9.17) is 0 Å². The summed E-state index contributed by atoms with van der Waals surface area (Å²) in [5.41, 5.74) is 5.96. The minimum Gasteiger partial charge on any atom is -0.372 e. The molecule has 6 nitrogen and oxygen atoms in total. The van der Waals surface area contributed by atoms with E-state index in [1.807, 2.05) is 54.6 Å². The molecule has 0 bridgehead atoms. The van der Waals surface area contributed by atoms with Gasteiger partial charge < -0.3 is 4.90 Å². The number of carbonyl (C=O) groups is 2. The van der Waals surface area contributed by atoms with Crippen molar-refractivity contribution in [3.63, 3.8) is 0 Å². The quantitative estimate of drug-likeness (QED) is 0.485. The van der Waals surface area contributed by atoms with E-state index in [-0.39, 0.29) is 18.4 Å². The first-order chi connectivity index (χ1) is 14.6. The van der Waals surface area contributed by atoms with Gasteiger partial charge in [-0.1, -0.05) is 36.4 Å². The number of nitrogens with one attached hydrogen (secondary N) is 1. The number of hydrogen-bond donors (Lipinski definition) is 1. The fourth-order valence-electron chi connectivity index (χ4n) is 3.85. The van der Waals surface area contributed by atoms with Gasteiger partial charge in [-0.05, 0) is 49.1 Å². The van der Waals surface area contributed by atoms with Gasteiger partial charge >= 0.3 is 0 Å². The number of anilines is 2. The molecule has 1 aliphatic rings. The zero-order valence-corrected chi connectivity index (χ0v) is 17.1. The highest BCUT2D eigenvalue weighted by molar-refractivity contribution is 6.26. The molecule has 0 fully saturated rings. The number of nitrogens with zero attached hydrogens (tertiary/aromatic N) is 3. The Labute approximate surface area is 175 Å². The van der Waals surface area contributed by atoms with Crippen molar-refractivity contribution in [2.75, 3.05) is 29.4 Å². The highest BCUT2D eigenvalue weighted by Gasteiger charge is 2.30. The van der Waals surface area contributed by atoms with Gasteiger partial charge in [0.1, 0.15) is 6.54 Å². The molecule has 0 aliphatic carbocycles. The predicted octanol–water partition coefficient (Wildman–Crippen LogP) is 3.80. The van der Waals surface area contributed by atoms with Gasteiger partial charge in [0.15, 0.2) is 0 Å². The van der Waals surface area contributed by atoms with Crippen molar-refractivity contribution in [2.24, 2.45) is 5.10 Å². The van der Waals surface area contributed by atoms with Gasteiger partial charge in [-0.25, -0.2) is 5.43 Å². The maximum atomic E-state index is 12.7. The number of carbonyl (C=O) groups excluding carboxylic acids is 2. The fraction of sp³-hybridized carbons (Fsp3) is 0.208. The maximum Gasteiger partial charge on any atom is 0.260 e. The minimum atomic E-state index is -0.343. The molecule has 0 aromatic heterocycles. The summed E-state index contributed by atoms with van der Waals surface area (Å²) >= 11 is 0. The molecule has 0 unspecified atom stereocenters. The fourth-order valence-corrected chi connectivity index (χ4v) is 3.85. The standard InChI is InChI=1S/C24H24N4O2/c1-3-27(4-2)19-13-11-17(12-14-19)15-25-26-22(29)16-28-21-10-6-8-18-7-5-9-20(23(18)21)24(28)30/h5-15H,3-4,16H2,1-2H3,(H,26,29)/b25-15-. The summed E-state index contributed by atoms with van der Waals surface area (Å²) in [7, 11) is 0. The van der Waals surface area contributed by atoms with Crippen LogP contribution in [0.2, 0.25) is 0 Å².